The van der Waals surface area contributed by atoms with Crippen LogP contribution in [0, 0.1) is 0 Å². The van der Waals surface area contributed by atoms with Gasteiger partial charge in [-0.05, 0) is 6.42 Å². The number of nitrogens with zero attached hydrogens (tertiary/aromatic N) is 1. The molecule has 1 nitrogen and oxygen atoms in total. The number of hydrogen-bond donors (Lipinski definition) is 0. The van der Waals surface area contributed by atoms with Gasteiger partial charge in [0.1, 0.15) is 5.17 Å². The van der Waals surface area contributed by atoms with Crippen LogP contribution < -0.4 is 0 Å². The second-order valence-corrected chi connectivity index (χ2v) is 1.48. The maximum atomic E-state index is 5.44. The van der Waals surface area contributed by atoms with E-state index in [0.717, 1.165) is 6.42 Å². The van der Waals surface area contributed by atoms with Crippen molar-refractivity contribution in [3.8, 4) is 0 Å². The molecule has 7 heavy (non-hydrogen) atoms. The average molecular weight is 118 g/mol. The number of rotatable bonds is 2. The summed E-state index contributed by atoms with van der Waals surface area (Å²) in [6, 6.07) is 0. The lowest BCUT2D eigenvalue weighted by atomic mass is 10.5. The molecule has 40 valence electrons. The maximum absolute atomic E-state index is 5.44. The summed E-state index contributed by atoms with van der Waals surface area (Å²) in [4.78, 5) is 3.69. The van der Waals surface area contributed by atoms with Crippen molar-refractivity contribution in [1.82, 2.24) is 0 Å². The van der Waals surface area contributed by atoms with E-state index in [1.807, 2.05) is 6.92 Å². The van der Waals surface area contributed by atoms with E-state index < -0.39 is 0 Å². The van der Waals surface area contributed by atoms with Crippen LogP contribution in [0.15, 0.2) is 17.8 Å². The Kier molecular flexibility index (Phi) is 3.71. The lowest BCUT2D eigenvalue weighted by Crippen LogP contribution is -1.77. The number of aliphatic imine (C=N–C) groups is 1. The van der Waals surface area contributed by atoms with Gasteiger partial charge in [0.25, 0.3) is 0 Å². The Balaban J connectivity index is 3.49. The van der Waals surface area contributed by atoms with Gasteiger partial charge in [0.2, 0.25) is 0 Å². The molecule has 0 saturated carbocycles. The summed E-state index contributed by atoms with van der Waals surface area (Å²) < 4.78 is 0. The lowest BCUT2D eigenvalue weighted by Gasteiger charge is -1.81. The van der Waals surface area contributed by atoms with E-state index in [0.29, 0.717) is 5.17 Å². The SMILES string of the molecule is C=C/N=C(/Cl)CC. The highest BCUT2D eigenvalue weighted by Gasteiger charge is 1.80. The van der Waals surface area contributed by atoms with Gasteiger partial charge in [-0.1, -0.05) is 25.1 Å². The first kappa shape index (κ1) is 6.70. The van der Waals surface area contributed by atoms with Crippen molar-refractivity contribution in [2.75, 3.05) is 0 Å². The van der Waals surface area contributed by atoms with Gasteiger partial charge in [0.15, 0.2) is 0 Å². The van der Waals surface area contributed by atoms with Crippen LogP contribution in [0.3, 0.4) is 0 Å². The van der Waals surface area contributed by atoms with Crippen molar-refractivity contribution in [1.29, 1.82) is 0 Å². The van der Waals surface area contributed by atoms with E-state index in [1.165, 1.54) is 6.20 Å². The van der Waals surface area contributed by atoms with E-state index in [-0.39, 0.29) is 0 Å². The monoisotopic (exact) mass is 117 g/mol. The second-order valence-electron chi connectivity index (χ2n) is 1.04. The Bertz CT molecular complexity index is 86.1. The van der Waals surface area contributed by atoms with Crippen molar-refractivity contribution >= 4 is 16.8 Å². The predicted octanol–water partition coefficient (Wildman–Crippen LogP) is 2.18. The highest BCUT2D eigenvalue weighted by molar-refractivity contribution is 6.65. The molecule has 0 N–H and O–H groups in total. The second kappa shape index (κ2) is 3.88. The fourth-order valence-corrected chi connectivity index (χ4v) is 0.259. The molecule has 2 heteroatoms. The molecule has 0 spiro atoms. The maximum Gasteiger partial charge on any atom is 0.105 e. The van der Waals surface area contributed by atoms with E-state index >= 15 is 0 Å². The van der Waals surface area contributed by atoms with Crippen LogP contribution in [-0.4, -0.2) is 5.17 Å². The highest BCUT2D eigenvalue weighted by atomic mass is 35.5. The van der Waals surface area contributed by atoms with Gasteiger partial charge >= 0.3 is 0 Å². The van der Waals surface area contributed by atoms with Crippen LogP contribution >= 0.6 is 11.6 Å². The quantitative estimate of drug-likeness (QED) is 0.492. The minimum Gasteiger partial charge on any atom is -0.250 e. The Morgan fingerprint density at radius 1 is 2.00 bits per heavy atom. The van der Waals surface area contributed by atoms with Crippen LogP contribution in [0.2, 0.25) is 0 Å². The fraction of sp³-hybridized carbons (Fsp3) is 0.400. The molecule has 0 aromatic carbocycles. The highest BCUT2D eigenvalue weighted by Crippen LogP contribution is 1.90. The average Bonchev–Trinajstić information content (AvgIpc) is 1.68. The zero-order valence-electron chi connectivity index (χ0n) is 4.32. The summed E-state index contributed by atoms with van der Waals surface area (Å²) >= 11 is 5.44. The third-order valence-corrected chi connectivity index (χ3v) is 0.888. The summed E-state index contributed by atoms with van der Waals surface area (Å²) in [5.74, 6) is 0. The molecule has 0 atom stereocenters. The van der Waals surface area contributed by atoms with Gasteiger partial charge in [0, 0.05) is 6.20 Å². The van der Waals surface area contributed by atoms with Crippen LogP contribution in [0.1, 0.15) is 13.3 Å². The predicted molar refractivity (Wildman–Crippen MR) is 33.8 cm³/mol. The molecule has 0 rings (SSSR count). The third-order valence-electron chi connectivity index (χ3n) is 0.523. The third kappa shape index (κ3) is 3.53. The van der Waals surface area contributed by atoms with Crippen molar-refractivity contribution in [3.05, 3.63) is 12.8 Å². The van der Waals surface area contributed by atoms with Crippen molar-refractivity contribution in [3.63, 3.8) is 0 Å². The van der Waals surface area contributed by atoms with Crippen molar-refractivity contribution < 1.29 is 0 Å². The van der Waals surface area contributed by atoms with Gasteiger partial charge in [-0.15, -0.1) is 0 Å². The molecule has 0 aromatic heterocycles. The molecule has 0 heterocycles. The zero-order chi connectivity index (χ0) is 5.70. The largest absolute Gasteiger partial charge is 0.250 e. The number of halogens is 1. The Hall–Kier alpha value is -0.300. The standard InChI is InChI=1S/C5H8ClN/c1-3-5(6)7-4-2/h4H,2-3H2,1H3/b7-5+. The van der Waals surface area contributed by atoms with Crippen LogP contribution in [0.25, 0.3) is 0 Å². The molecule has 0 unspecified atom stereocenters. The minimum atomic E-state index is 0.606. The van der Waals surface area contributed by atoms with Crippen LogP contribution in [0.4, 0.5) is 0 Å². The molecule has 0 aromatic rings. The van der Waals surface area contributed by atoms with E-state index in [9.17, 15) is 0 Å². The Morgan fingerprint density at radius 3 is 2.71 bits per heavy atom. The molecule has 0 aliphatic heterocycles. The fourth-order valence-electron chi connectivity index (χ4n) is 0.190. The Morgan fingerprint density at radius 2 is 2.57 bits per heavy atom. The van der Waals surface area contributed by atoms with Crippen LogP contribution in [0.5, 0.6) is 0 Å². The molecular weight excluding hydrogens is 110 g/mol. The smallest absolute Gasteiger partial charge is 0.105 e. The molecule has 0 aliphatic carbocycles. The summed E-state index contributed by atoms with van der Waals surface area (Å²) in [5.41, 5.74) is 0. The molecule has 0 radical (unpaired) electrons. The molecule has 0 bridgehead atoms. The van der Waals surface area contributed by atoms with Gasteiger partial charge < -0.3 is 0 Å². The van der Waals surface area contributed by atoms with E-state index in [4.69, 9.17) is 11.6 Å². The van der Waals surface area contributed by atoms with Gasteiger partial charge in [-0.2, -0.15) is 0 Å². The summed E-state index contributed by atoms with van der Waals surface area (Å²) in [5, 5.41) is 0.606. The van der Waals surface area contributed by atoms with E-state index in [2.05, 4.69) is 11.6 Å². The first-order valence-electron chi connectivity index (χ1n) is 2.14. The first-order chi connectivity index (χ1) is 3.31. The van der Waals surface area contributed by atoms with Gasteiger partial charge in [-0.3, -0.25) is 0 Å². The normalized spacial score (nSPS) is 11.4. The van der Waals surface area contributed by atoms with Gasteiger partial charge in [0.05, 0.1) is 0 Å². The van der Waals surface area contributed by atoms with Gasteiger partial charge in [-0.25, -0.2) is 4.99 Å². The molecular formula is C5H8ClN. The molecule has 0 saturated heterocycles. The Labute approximate surface area is 48.7 Å². The topological polar surface area (TPSA) is 12.4 Å². The van der Waals surface area contributed by atoms with Crippen LogP contribution in [-0.2, 0) is 0 Å². The number of hydrogen-bond acceptors (Lipinski definition) is 1. The zero-order valence-corrected chi connectivity index (χ0v) is 5.07. The van der Waals surface area contributed by atoms with Crippen molar-refractivity contribution in [2.45, 2.75) is 13.3 Å². The molecule has 0 amide bonds. The lowest BCUT2D eigenvalue weighted by molar-refractivity contribution is 1.30. The first-order valence-corrected chi connectivity index (χ1v) is 2.52. The molecule has 0 aliphatic rings. The van der Waals surface area contributed by atoms with Crippen molar-refractivity contribution in [2.24, 2.45) is 4.99 Å². The summed E-state index contributed by atoms with van der Waals surface area (Å²) in [7, 11) is 0. The minimum absolute atomic E-state index is 0.606. The molecule has 0 fully saturated rings. The van der Waals surface area contributed by atoms with E-state index in [1.54, 1.807) is 0 Å². The summed E-state index contributed by atoms with van der Waals surface area (Å²) in [6.45, 7) is 5.32. The summed E-state index contributed by atoms with van der Waals surface area (Å²) in [6.07, 6.45) is 2.22.